The zero-order valence-corrected chi connectivity index (χ0v) is 10.5. The SMILES string of the molecule is Cc1cc(Br)c2nc(CN)sc2c1C. The third kappa shape index (κ3) is 1.47. The summed E-state index contributed by atoms with van der Waals surface area (Å²) in [5.41, 5.74) is 9.22. The van der Waals surface area contributed by atoms with Crippen molar-refractivity contribution in [1.29, 1.82) is 0 Å². The summed E-state index contributed by atoms with van der Waals surface area (Å²) in [5, 5.41) is 0.995. The van der Waals surface area contributed by atoms with Crippen molar-refractivity contribution in [2.24, 2.45) is 5.73 Å². The van der Waals surface area contributed by atoms with Gasteiger partial charge in [0.05, 0.1) is 10.2 Å². The standard InChI is InChI=1S/C10H11BrN2S/c1-5-3-7(11)9-10(6(5)2)14-8(4-12)13-9/h3H,4,12H2,1-2H3. The van der Waals surface area contributed by atoms with Crippen molar-refractivity contribution in [2.45, 2.75) is 20.4 Å². The van der Waals surface area contributed by atoms with Crippen LogP contribution in [0.1, 0.15) is 16.1 Å². The van der Waals surface area contributed by atoms with Crippen LogP contribution in [0.4, 0.5) is 0 Å². The van der Waals surface area contributed by atoms with Crippen molar-refractivity contribution in [3.05, 3.63) is 26.7 Å². The largest absolute Gasteiger partial charge is 0.325 e. The summed E-state index contributed by atoms with van der Waals surface area (Å²) in [7, 11) is 0. The zero-order chi connectivity index (χ0) is 10.3. The lowest BCUT2D eigenvalue weighted by Gasteiger charge is -2.01. The van der Waals surface area contributed by atoms with Crippen LogP contribution >= 0.6 is 27.3 Å². The minimum atomic E-state index is 0.518. The quantitative estimate of drug-likeness (QED) is 0.865. The molecule has 1 heterocycles. The van der Waals surface area contributed by atoms with Crippen LogP contribution in [0.3, 0.4) is 0 Å². The average molecular weight is 271 g/mol. The Balaban J connectivity index is 2.84. The first-order valence-electron chi connectivity index (χ1n) is 4.38. The Morgan fingerprint density at radius 3 is 2.86 bits per heavy atom. The molecule has 1 aromatic heterocycles. The van der Waals surface area contributed by atoms with E-state index in [1.807, 2.05) is 0 Å². The van der Waals surface area contributed by atoms with Crippen LogP contribution in [0.5, 0.6) is 0 Å². The molecule has 0 radical (unpaired) electrons. The fourth-order valence-electron chi connectivity index (χ4n) is 1.41. The van der Waals surface area contributed by atoms with Gasteiger partial charge in [0.25, 0.3) is 0 Å². The number of thiazole rings is 1. The molecule has 0 aliphatic heterocycles. The van der Waals surface area contributed by atoms with Crippen LogP contribution in [0, 0.1) is 13.8 Å². The Kier molecular flexibility index (Phi) is 2.60. The van der Waals surface area contributed by atoms with Crippen molar-refractivity contribution in [3.63, 3.8) is 0 Å². The van der Waals surface area contributed by atoms with E-state index < -0.39 is 0 Å². The maximum absolute atomic E-state index is 5.58. The number of benzene rings is 1. The molecule has 0 bridgehead atoms. The van der Waals surface area contributed by atoms with E-state index in [0.717, 1.165) is 15.0 Å². The first-order chi connectivity index (χ1) is 6.63. The Morgan fingerprint density at radius 2 is 2.21 bits per heavy atom. The van der Waals surface area contributed by atoms with Gasteiger partial charge in [-0.15, -0.1) is 11.3 Å². The summed E-state index contributed by atoms with van der Waals surface area (Å²) in [6.07, 6.45) is 0. The Hall–Kier alpha value is -0.450. The number of fused-ring (bicyclic) bond motifs is 1. The van der Waals surface area contributed by atoms with E-state index in [2.05, 4.69) is 40.8 Å². The number of aromatic nitrogens is 1. The van der Waals surface area contributed by atoms with Gasteiger partial charge in [0.1, 0.15) is 5.01 Å². The van der Waals surface area contributed by atoms with Crippen molar-refractivity contribution < 1.29 is 0 Å². The molecule has 74 valence electrons. The van der Waals surface area contributed by atoms with Gasteiger partial charge in [-0.3, -0.25) is 0 Å². The summed E-state index contributed by atoms with van der Waals surface area (Å²) in [6, 6.07) is 2.11. The average Bonchev–Trinajstić information content (AvgIpc) is 2.58. The highest BCUT2D eigenvalue weighted by Gasteiger charge is 2.10. The van der Waals surface area contributed by atoms with Gasteiger partial charge in [0.2, 0.25) is 0 Å². The molecule has 0 amide bonds. The topological polar surface area (TPSA) is 38.9 Å². The molecular formula is C10H11BrN2S. The molecular weight excluding hydrogens is 260 g/mol. The normalized spacial score (nSPS) is 11.1. The summed E-state index contributed by atoms with van der Waals surface area (Å²) in [4.78, 5) is 4.48. The summed E-state index contributed by atoms with van der Waals surface area (Å²) >= 11 is 5.21. The van der Waals surface area contributed by atoms with Gasteiger partial charge in [0, 0.05) is 11.0 Å². The molecule has 14 heavy (non-hydrogen) atoms. The molecule has 0 aliphatic carbocycles. The molecule has 2 nitrogen and oxygen atoms in total. The van der Waals surface area contributed by atoms with Gasteiger partial charge >= 0.3 is 0 Å². The third-order valence-corrected chi connectivity index (χ3v) is 4.15. The predicted octanol–water partition coefficient (Wildman–Crippen LogP) is 3.13. The molecule has 0 unspecified atom stereocenters. The van der Waals surface area contributed by atoms with E-state index >= 15 is 0 Å². The van der Waals surface area contributed by atoms with Crippen LogP contribution in [-0.2, 0) is 6.54 Å². The first kappa shape index (κ1) is 10.1. The van der Waals surface area contributed by atoms with E-state index in [4.69, 9.17) is 5.73 Å². The molecule has 0 fully saturated rings. The number of rotatable bonds is 1. The van der Waals surface area contributed by atoms with Crippen LogP contribution < -0.4 is 5.73 Å². The van der Waals surface area contributed by atoms with Gasteiger partial charge in [-0.1, -0.05) is 0 Å². The number of hydrogen-bond donors (Lipinski definition) is 1. The maximum Gasteiger partial charge on any atom is 0.107 e. The van der Waals surface area contributed by atoms with E-state index in [0.29, 0.717) is 6.54 Å². The van der Waals surface area contributed by atoms with Crippen LogP contribution in [-0.4, -0.2) is 4.98 Å². The number of nitrogens with two attached hydrogens (primary N) is 1. The molecule has 2 aromatic rings. The summed E-state index contributed by atoms with van der Waals surface area (Å²) in [6.45, 7) is 4.76. The van der Waals surface area contributed by atoms with Crippen molar-refractivity contribution in [3.8, 4) is 0 Å². The maximum atomic E-state index is 5.58. The van der Waals surface area contributed by atoms with Gasteiger partial charge in [-0.25, -0.2) is 4.98 Å². The number of halogens is 1. The minimum Gasteiger partial charge on any atom is -0.325 e. The van der Waals surface area contributed by atoms with Gasteiger partial charge < -0.3 is 5.73 Å². The molecule has 0 saturated heterocycles. The van der Waals surface area contributed by atoms with Crippen LogP contribution in [0.15, 0.2) is 10.5 Å². The van der Waals surface area contributed by atoms with Crippen molar-refractivity contribution >= 4 is 37.5 Å². The predicted molar refractivity (Wildman–Crippen MR) is 64.7 cm³/mol. The smallest absolute Gasteiger partial charge is 0.107 e. The molecule has 2 rings (SSSR count). The zero-order valence-electron chi connectivity index (χ0n) is 8.10. The minimum absolute atomic E-state index is 0.518. The molecule has 0 atom stereocenters. The second-order valence-corrected chi connectivity index (χ2v) is 5.23. The molecule has 0 saturated carbocycles. The monoisotopic (exact) mass is 270 g/mol. The highest BCUT2D eigenvalue weighted by atomic mass is 79.9. The summed E-state index contributed by atoms with van der Waals surface area (Å²) in [5.74, 6) is 0. The third-order valence-electron chi connectivity index (χ3n) is 2.35. The van der Waals surface area contributed by atoms with E-state index in [9.17, 15) is 0 Å². The number of nitrogens with zero attached hydrogens (tertiary/aromatic N) is 1. The van der Waals surface area contributed by atoms with Gasteiger partial charge in [-0.2, -0.15) is 0 Å². The van der Waals surface area contributed by atoms with Gasteiger partial charge in [-0.05, 0) is 47.0 Å². The van der Waals surface area contributed by atoms with Crippen molar-refractivity contribution in [2.75, 3.05) is 0 Å². The Morgan fingerprint density at radius 1 is 1.50 bits per heavy atom. The highest BCUT2D eigenvalue weighted by molar-refractivity contribution is 9.10. The Labute approximate surface area is 95.3 Å². The molecule has 0 spiro atoms. The molecule has 1 aromatic carbocycles. The summed E-state index contributed by atoms with van der Waals surface area (Å²) < 4.78 is 2.31. The van der Waals surface area contributed by atoms with Crippen molar-refractivity contribution in [1.82, 2.24) is 4.98 Å². The molecule has 2 N–H and O–H groups in total. The van der Waals surface area contributed by atoms with E-state index in [1.54, 1.807) is 11.3 Å². The fraction of sp³-hybridized carbons (Fsp3) is 0.300. The van der Waals surface area contributed by atoms with E-state index in [1.165, 1.54) is 15.8 Å². The van der Waals surface area contributed by atoms with Gasteiger partial charge in [0.15, 0.2) is 0 Å². The van der Waals surface area contributed by atoms with Crippen LogP contribution in [0.25, 0.3) is 10.2 Å². The lowest BCUT2D eigenvalue weighted by Crippen LogP contribution is -1.93. The highest BCUT2D eigenvalue weighted by Crippen LogP contribution is 2.32. The molecule has 0 aliphatic rings. The lowest BCUT2D eigenvalue weighted by atomic mass is 10.1. The lowest BCUT2D eigenvalue weighted by molar-refractivity contribution is 1.05. The number of aryl methyl sites for hydroxylation is 2. The second kappa shape index (κ2) is 3.61. The fourth-order valence-corrected chi connectivity index (χ4v) is 3.20. The Bertz CT molecular complexity index is 490. The molecule has 4 heteroatoms. The second-order valence-electron chi connectivity index (χ2n) is 3.29. The number of hydrogen-bond acceptors (Lipinski definition) is 3. The van der Waals surface area contributed by atoms with Crippen LogP contribution in [0.2, 0.25) is 0 Å². The first-order valence-corrected chi connectivity index (χ1v) is 5.99. The van der Waals surface area contributed by atoms with E-state index in [-0.39, 0.29) is 0 Å².